The molecule has 0 heterocycles. The second-order valence-corrected chi connectivity index (χ2v) is 5.82. The minimum Gasteiger partial charge on any atom is -0.270 e. The van der Waals surface area contributed by atoms with Gasteiger partial charge in [0.25, 0.3) is 5.91 Å². The first-order valence-corrected chi connectivity index (χ1v) is 5.86. The molecule has 1 aliphatic rings. The summed E-state index contributed by atoms with van der Waals surface area (Å²) in [5.41, 5.74) is -0.922. The SMILES string of the molecule is CS(C)(=O)=NC(=O)C1(C#N)CC1. The molecule has 1 fully saturated rings. The maximum absolute atomic E-state index is 11.2. The van der Waals surface area contributed by atoms with E-state index in [1.807, 2.05) is 6.07 Å². The van der Waals surface area contributed by atoms with E-state index in [2.05, 4.69) is 4.36 Å². The van der Waals surface area contributed by atoms with Crippen LogP contribution in [0.4, 0.5) is 0 Å². The molecular weight excluding hydrogens is 176 g/mol. The van der Waals surface area contributed by atoms with Gasteiger partial charge in [-0.05, 0) is 12.8 Å². The Kier molecular flexibility index (Phi) is 1.96. The van der Waals surface area contributed by atoms with Gasteiger partial charge < -0.3 is 0 Å². The van der Waals surface area contributed by atoms with Gasteiger partial charge in [-0.3, -0.25) is 4.79 Å². The summed E-state index contributed by atoms with van der Waals surface area (Å²) in [5, 5.41) is 8.60. The van der Waals surface area contributed by atoms with Crippen LogP contribution in [0, 0.1) is 16.7 Å². The van der Waals surface area contributed by atoms with E-state index >= 15 is 0 Å². The number of rotatable bonds is 1. The minimum atomic E-state index is -2.40. The van der Waals surface area contributed by atoms with Crippen LogP contribution in [0.1, 0.15) is 12.8 Å². The zero-order chi connectivity index (χ0) is 9.41. The number of amides is 1. The molecule has 66 valence electrons. The second kappa shape index (κ2) is 2.56. The highest BCUT2D eigenvalue weighted by Crippen LogP contribution is 2.46. The van der Waals surface area contributed by atoms with Gasteiger partial charge in [0.05, 0.1) is 6.07 Å². The molecule has 5 heteroatoms. The predicted octanol–water partition coefficient (Wildman–Crippen LogP) is 0.544. The van der Waals surface area contributed by atoms with E-state index in [0.717, 1.165) is 0 Å². The van der Waals surface area contributed by atoms with Gasteiger partial charge in [-0.25, -0.2) is 4.21 Å². The predicted molar refractivity (Wildman–Crippen MR) is 44.7 cm³/mol. The lowest BCUT2D eigenvalue weighted by atomic mass is 10.1. The zero-order valence-corrected chi connectivity index (χ0v) is 7.85. The Morgan fingerprint density at radius 1 is 1.58 bits per heavy atom. The molecule has 1 rings (SSSR count). The van der Waals surface area contributed by atoms with Gasteiger partial charge in [0.15, 0.2) is 0 Å². The maximum Gasteiger partial charge on any atom is 0.274 e. The normalized spacial score (nSPS) is 19.4. The lowest BCUT2D eigenvalue weighted by molar-refractivity contribution is -0.120. The van der Waals surface area contributed by atoms with E-state index in [9.17, 15) is 9.00 Å². The van der Waals surface area contributed by atoms with Crippen LogP contribution in [-0.2, 0) is 14.5 Å². The van der Waals surface area contributed by atoms with E-state index in [-0.39, 0.29) is 0 Å². The average molecular weight is 186 g/mol. The molecule has 0 aliphatic heterocycles. The molecule has 0 aromatic heterocycles. The topological polar surface area (TPSA) is 70.3 Å². The molecule has 12 heavy (non-hydrogen) atoms. The monoisotopic (exact) mass is 186 g/mol. The van der Waals surface area contributed by atoms with Crippen LogP contribution in [-0.4, -0.2) is 22.6 Å². The van der Waals surface area contributed by atoms with E-state index in [0.29, 0.717) is 12.8 Å². The summed E-state index contributed by atoms with van der Waals surface area (Å²) < 4.78 is 14.6. The van der Waals surface area contributed by atoms with Crippen molar-refractivity contribution in [2.75, 3.05) is 12.5 Å². The number of hydrogen-bond donors (Lipinski definition) is 0. The first-order chi connectivity index (χ1) is 5.40. The Bertz CT molecular complexity index is 359. The highest BCUT2D eigenvalue weighted by Gasteiger charge is 2.51. The third-order valence-corrected chi connectivity index (χ3v) is 2.28. The summed E-state index contributed by atoms with van der Waals surface area (Å²) >= 11 is 0. The van der Waals surface area contributed by atoms with Crippen LogP contribution < -0.4 is 0 Å². The Balaban J connectivity index is 2.90. The van der Waals surface area contributed by atoms with Crippen molar-refractivity contribution in [2.45, 2.75) is 12.8 Å². The van der Waals surface area contributed by atoms with Crippen molar-refractivity contribution in [1.82, 2.24) is 0 Å². The molecule has 0 aromatic rings. The van der Waals surface area contributed by atoms with Crippen molar-refractivity contribution in [3.05, 3.63) is 0 Å². The fourth-order valence-corrected chi connectivity index (χ4v) is 1.36. The third kappa shape index (κ3) is 1.83. The molecule has 0 N–H and O–H groups in total. The smallest absolute Gasteiger partial charge is 0.270 e. The van der Waals surface area contributed by atoms with Gasteiger partial charge in [0.1, 0.15) is 5.41 Å². The molecule has 0 bridgehead atoms. The van der Waals surface area contributed by atoms with Crippen molar-refractivity contribution in [1.29, 1.82) is 5.26 Å². The van der Waals surface area contributed by atoms with E-state index < -0.39 is 21.1 Å². The molecule has 0 unspecified atom stereocenters. The number of hydrogen-bond acceptors (Lipinski definition) is 3. The molecule has 1 aliphatic carbocycles. The Morgan fingerprint density at radius 2 is 2.08 bits per heavy atom. The van der Waals surface area contributed by atoms with Crippen molar-refractivity contribution < 1.29 is 9.00 Å². The van der Waals surface area contributed by atoms with Crippen molar-refractivity contribution >= 4 is 15.6 Å². The average Bonchev–Trinajstić information content (AvgIpc) is 2.62. The first-order valence-electron chi connectivity index (χ1n) is 3.52. The highest BCUT2D eigenvalue weighted by molar-refractivity contribution is 7.92. The standard InChI is InChI=1S/C7H10N2O2S/c1-12(2,11)9-6(10)7(5-8)3-4-7/h3-4H2,1-2H3. The van der Waals surface area contributed by atoms with E-state index in [1.165, 1.54) is 12.5 Å². The quantitative estimate of drug-likeness (QED) is 0.600. The van der Waals surface area contributed by atoms with Gasteiger partial charge in [-0.2, -0.15) is 9.62 Å². The summed E-state index contributed by atoms with van der Waals surface area (Å²) in [6.07, 6.45) is 3.89. The van der Waals surface area contributed by atoms with Crippen LogP contribution in [0.3, 0.4) is 0 Å². The van der Waals surface area contributed by atoms with Crippen LogP contribution in [0.5, 0.6) is 0 Å². The minimum absolute atomic E-state index is 0.514. The number of carbonyl (C=O) groups is 1. The van der Waals surface area contributed by atoms with Gasteiger partial charge in [-0.1, -0.05) is 0 Å². The largest absolute Gasteiger partial charge is 0.274 e. The third-order valence-electron chi connectivity index (χ3n) is 1.68. The maximum atomic E-state index is 11.2. The zero-order valence-electron chi connectivity index (χ0n) is 7.03. The molecule has 1 amide bonds. The molecule has 0 atom stereocenters. The van der Waals surface area contributed by atoms with Crippen molar-refractivity contribution in [2.24, 2.45) is 9.78 Å². The first kappa shape index (κ1) is 9.20. The van der Waals surface area contributed by atoms with Gasteiger partial charge >= 0.3 is 0 Å². The van der Waals surface area contributed by atoms with Gasteiger partial charge in [-0.15, -0.1) is 0 Å². The van der Waals surface area contributed by atoms with Crippen LogP contribution >= 0.6 is 0 Å². The lowest BCUT2D eigenvalue weighted by Gasteiger charge is -1.98. The fraction of sp³-hybridized carbons (Fsp3) is 0.714. The summed E-state index contributed by atoms with van der Waals surface area (Å²) in [5.74, 6) is -0.514. The highest BCUT2D eigenvalue weighted by atomic mass is 32.2. The van der Waals surface area contributed by atoms with E-state index in [4.69, 9.17) is 5.26 Å². The second-order valence-electron chi connectivity index (χ2n) is 3.27. The van der Waals surface area contributed by atoms with Gasteiger partial charge in [0.2, 0.25) is 0 Å². The summed E-state index contributed by atoms with van der Waals surface area (Å²) in [4.78, 5) is 11.2. The van der Waals surface area contributed by atoms with Crippen molar-refractivity contribution in [3.63, 3.8) is 0 Å². The van der Waals surface area contributed by atoms with E-state index in [1.54, 1.807) is 0 Å². The van der Waals surface area contributed by atoms with Gasteiger partial charge in [0, 0.05) is 22.2 Å². The Morgan fingerprint density at radius 3 is 2.33 bits per heavy atom. The number of carbonyl (C=O) groups excluding carboxylic acids is 1. The van der Waals surface area contributed by atoms with Crippen LogP contribution in [0.25, 0.3) is 0 Å². The number of nitriles is 1. The molecule has 4 nitrogen and oxygen atoms in total. The van der Waals surface area contributed by atoms with Crippen LogP contribution in [0.2, 0.25) is 0 Å². The lowest BCUT2D eigenvalue weighted by Crippen LogP contribution is -2.12. The molecular formula is C7H10N2O2S. The Hall–Kier alpha value is -0.890. The summed E-state index contributed by atoms with van der Waals surface area (Å²) in [7, 11) is -2.40. The number of nitrogens with zero attached hydrogens (tertiary/aromatic N) is 2. The fourth-order valence-electron chi connectivity index (χ4n) is 0.786. The van der Waals surface area contributed by atoms with Crippen molar-refractivity contribution in [3.8, 4) is 6.07 Å². The molecule has 0 spiro atoms. The Labute approximate surface area is 71.8 Å². The molecule has 0 saturated heterocycles. The molecule has 1 saturated carbocycles. The summed E-state index contributed by atoms with van der Waals surface area (Å²) in [6, 6.07) is 1.91. The molecule has 0 radical (unpaired) electrons. The van der Waals surface area contributed by atoms with Crippen LogP contribution in [0.15, 0.2) is 4.36 Å². The molecule has 0 aromatic carbocycles. The summed E-state index contributed by atoms with van der Waals surface area (Å²) in [6.45, 7) is 0.